The fraction of sp³-hybridized carbons (Fsp3) is 0.480. The molecule has 1 N–H and O–H groups in total. The van der Waals surface area contributed by atoms with Crippen molar-refractivity contribution in [1.29, 1.82) is 0 Å². The molecule has 0 saturated carbocycles. The van der Waals surface area contributed by atoms with Gasteiger partial charge in [0.15, 0.2) is 0 Å². The van der Waals surface area contributed by atoms with Gasteiger partial charge in [0.1, 0.15) is 5.82 Å². The number of benzene rings is 2. The van der Waals surface area contributed by atoms with Gasteiger partial charge in [0.25, 0.3) is 0 Å². The molecule has 34 heavy (non-hydrogen) atoms. The van der Waals surface area contributed by atoms with Crippen LogP contribution in [0, 0.1) is 11.7 Å². The monoisotopic (exact) mass is 489 g/mol. The normalized spacial score (nSPS) is 18.6. The Morgan fingerprint density at radius 3 is 2.15 bits per heavy atom. The zero-order valence-electron chi connectivity index (χ0n) is 19.3. The van der Waals surface area contributed by atoms with Gasteiger partial charge in [-0.15, -0.1) is 0 Å². The molecule has 184 valence electrons. The van der Waals surface area contributed by atoms with Crippen LogP contribution >= 0.6 is 0 Å². The third kappa shape index (κ3) is 6.85. The van der Waals surface area contributed by atoms with Gasteiger partial charge in [-0.3, -0.25) is 9.69 Å². The maximum atomic E-state index is 13.1. The maximum Gasteiger partial charge on any atom is 0.223 e. The van der Waals surface area contributed by atoms with E-state index >= 15 is 0 Å². The number of carbonyl (C=O) groups is 1. The molecule has 2 aromatic carbocycles. The summed E-state index contributed by atoms with van der Waals surface area (Å²) in [5.74, 6) is -0.783. The number of hydrogen-bond donors (Lipinski definition) is 1. The first kappa shape index (κ1) is 24.8. The summed E-state index contributed by atoms with van der Waals surface area (Å²) in [5.41, 5.74) is 2.84. The molecule has 7 nitrogen and oxygen atoms in total. The summed E-state index contributed by atoms with van der Waals surface area (Å²) in [7, 11) is -3.50. The fourth-order valence-electron chi connectivity index (χ4n) is 4.39. The summed E-state index contributed by atoms with van der Waals surface area (Å²) >= 11 is 0. The van der Waals surface area contributed by atoms with E-state index in [1.807, 2.05) is 12.1 Å². The van der Waals surface area contributed by atoms with Crippen LogP contribution in [0.15, 0.2) is 48.5 Å². The van der Waals surface area contributed by atoms with Gasteiger partial charge in [-0.25, -0.2) is 17.1 Å². The van der Waals surface area contributed by atoms with Crippen LogP contribution in [-0.2, 0) is 38.4 Å². The van der Waals surface area contributed by atoms with E-state index in [2.05, 4.69) is 22.3 Å². The molecule has 0 bridgehead atoms. The van der Waals surface area contributed by atoms with Crippen LogP contribution in [0.25, 0.3) is 0 Å². The van der Waals surface area contributed by atoms with Crippen LogP contribution in [0.3, 0.4) is 0 Å². The number of sulfonamides is 1. The van der Waals surface area contributed by atoms with E-state index in [0.29, 0.717) is 38.0 Å². The number of amides is 1. The van der Waals surface area contributed by atoms with Crippen molar-refractivity contribution in [2.45, 2.75) is 31.7 Å². The van der Waals surface area contributed by atoms with E-state index in [4.69, 9.17) is 4.74 Å². The Bertz CT molecular complexity index is 1050. The summed E-state index contributed by atoms with van der Waals surface area (Å²) in [5, 5.41) is 3.00. The van der Waals surface area contributed by atoms with Crippen molar-refractivity contribution in [3.8, 4) is 0 Å². The number of carbonyl (C=O) groups excluding carboxylic acids is 1. The Labute approximate surface area is 200 Å². The van der Waals surface area contributed by atoms with E-state index in [1.54, 1.807) is 0 Å². The second kappa shape index (κ2) is 11.4. The van der Waals surface area contributed by atoms with Gasteiger partial charge in [-0.1, -0.05) is 36.4 Å². The van der Waals surface area contributed by atoms with Gasteiger partial charge >= 0.3 is 0 Å². The molecule has 2 fully saturated rings. The van der Waals surface area contributed by atoms with Crippen LogP contribution in [-0.4, -0.2) is 62.9 Å². The van der Waals surface area contributed by atoms with E-state index in [-0.39, 0.29) is 17.6 Å². The molecule has 2 heterocycles. The van der Waals surface area contributed by atoms with E-state index in [0.717, 1.165) is 38.4 Å². The highest BCUT2D eigenvalue weighted by atomic mass is 32.2. The molecule has 0 spiro atoms. The summed E-state index contributed by atoms with van der Waals surface area (Å²) in [6.45, 7) is 5.45. The minimum Gasteiger partial charge on any atom is -0.379 e. The van der Waals surface area contributed by atoms with Gasteiger partial charge in [0, 0.05) is 45.2 Å². The number of hydrogen-bond acceptors (Lipinski definition) is 5. The second-order valence-corrected chi connectivity index (χ2v) is 10.9. The van der Waals surface area contributed by atoms with Crippen molar-refractivity contribution < 1.29 is 22.3 Å². The number of morpholine rings is 1. The molecule has 0 radical (unpaired) electrons. The molecule has 0 aromatic heterocycles. The zero-order valence-corrected chi connectivity index (χ0v) is 20.1. The standard InChI is InChI=1S/C25H32FN3O4S/c26-24-7-5-22(6-8-24)19-34(31,32)29-11-9-23(10-12-29)25(30)27-17-20-1-3-21(4-2-20)18-28-13-15-33-16-14-28/h1-8,23H,9-19H2,(H,27,30). The highest BCUT2D eigenvalue weighted by Gasteiger charge is 2.31. The lowest BCUT2D eigenvalue weighted by molar-refractivity contribution is -0.126. The molecule has 9 heteroatoms. The average molecular weight is 490 g/mol. The molecular formula is C25H32FN3O4S. The Hall–Kier alpha value is -2.33. The number of rotatable bonds is 8. The number of halogens is 1. The molecule has 4 rings (SSSR count). The molecule has 2 aromatic rings. The molecule has 1 amide bonds. The Morgan fingerprint density at radius 1 is 0.912 bits per heavy atom. The summed E-state index contributed by atoms with van der Waals surface area (Å²) in [6.07, 6.45) is 0.986. The lowest BCUT2D eigenvalue weighted by atomic mass is 9.97. The minimum atomic E-state index is -3.50. The summed E-state index contributed by atoms with van der Waals surface area (Å²) < 4.78 is 45.3. The van der Waals surface area contributed by atoms with Gasteiger partial charge in [0.2, 0.25) is 15.9 Å². The number of ether oxygens (including phenoxy) is 1. The lowest BCUT2D eigenvalue weighted by Crippen LogP contribution is -2.43. The van der Waals surface area contributed by atoms with Crippen molar-refractivity contribution in [2.75, 3.05) is 39.4 Å². The average Bonchev–Trinajstić information content (AvgIpc) is 2.85. The fourth-order valence-corrected chi connectivity index (χ4v) is 5.96. The SMILES string of the molecule is O=C(NCc1ccc(CN2CCOCC2)cc1)C1CCN(S(=O)(=O)Cc2ccc(F)cc2)CC1. The molecule has 0 atom stereocenters. The molecule has 2 aliphatic heterocycles. The van der Waals surface area contributed by atoms with Crippen molar-refractivity contribution in [3.63, 3.8) is 0 Å². The molecule has 2 saturated heterocycles. The summed E-state index contributed by atoms with van der Waals surface area (Å²) in [6, 6.07) is 13.8. The van der Waals surface area contributed by atoms with Crippen molar-refractivity contribution >= 4 is 15.9 Å². The first-order valence-electron chi connectivity index (χ1n) is 11.8. The third-order valence-electron chi connectivity index (χ3n) is 6.48. The van der Waals surface area contributed by atoms with Crippen LogP contribution < -0.4 is 5.32 Å². The van der Waals surface area contributed by atoms with Crippen molar-refractivity contribution in [1.82, 2.24) is 14.5 Å². The third-order valence-corrected chi connectivity index (χ3v) is 8.33. The Morgan fingerprint density at radius 2 is 1.50 bits per heavy atom. The van der Waals surface area contributed by atoms with Gasteiger partial charge in [-0.05, 0) is 41.7 Å². The van der Waals surface area contributed by atoms with Gasteiger partial charge in [-0.2, -0.15) is 0 Å². The topological polar surface area (TPSA) is 79.0 Å². The van der Waals surface area contributed by atoms with Gasteiger partial charge < -0.3 is 10.1 Å². The molecule has 2 aliphatic rings. The predicted octanol–water partition coefficient (Wildman–Crippen LogP) is 2.52. The number of piperidine rings is 1. The first-order valence-corrected chi connectivity index (χ1v) is 13.4. The minimum absolute atomic E-state index is 0.0343. The van der Waals surface area contributed by atoms with Crippen LogP contribution in [0.2, 0.25) is 0 Å². The number of nitrogens with one attached hydrogen (secondary N) is 1. The summed E-state index contributed by atoms with van der Waals surface area (Å²) in [4.78, 5) is 15.0. The quantitative estimate of drug-likeness (QED) is 0.617. The predicted molar refractivity (Wildman–Crippen MR) is 128 cm³/mol. The Kier molecular flexibility index (Phi) is 8.31. The largest absolute Gasteiger partial charge is 0.379 e. The van der Waals surface area contributed by atoms with Gasteiger partial charge in [0.05, 0.1) is 19.0 Å². The molecular weight excluding hydrogens is 457 g/mol. The second-order valence-electron chi connectivity index (χ2n) is 8.98. The first-order chi connectivity index (χ1) is 16.4. The highest BCUT2D eigenvalue weighted by Crippen LogP contribution is 2.22. The van der Waals surface area contributed by atoms with Crippen LogP contribution in [0.1, 0.15) is 29.5 Å². The van der Waals surface area contributed by atoms with E-state index < -0.39 is 15.8 Å². The van der Waals surface area contributed by atoms with Crippen LogP contribution in [0.4, 0.5) is 4.39 Å². The zero-order chi connectivity index (χ0) is 24.0. The van der Waals surface area contributed by atoms with E-state index in [1.165, 1.54) is 34.1 Å². The molecule has 0 unspecified atom stereocenters. The van der Waals surface area contributed by atoms with Crippen molar-refractivity contribution in [3.05, 3.63) is 71.0 Å². The Balaban J connectivity index is 1.21. The maximum absolute atomic E-state index is 13.1. The highest BCUT2D eigenvalue weighted by molar-refractivity contribution is 7.88. The molecule has 0 aliphatic carbocycles. The van der Waals surface area contributed by atoms with E-state index in [9.17, 15) is 17.6 Å². The smallest absolute Gasteiger partial charge is 0.223 e. The van der Waals surface area contributed by atoms with Crippen LogP contribution in [0.5, 0.6) is 0 Å². The number of nitrogens with zero attached hydrogens (tertiary/aromatic N) is 2. The van der Waals surface area contributed by atoms with Crippen molar-refractivity contribution in [2.24, 2.45) is 5.92 Å². The lowest BCUT2D eigenvalue weighted by Gasteiger charge is -2.30.